The minimum atomic E-state index is -1.13. The summed E-state index contributed by atoms with van der Waals surface area (Å²) in [6.07, 6.45) is 3.87. The molecule has 0 saturated heterocycles. The number of hydrogen-bond donors (Lipinski definition) is 0. The molecule has 0 bridgehead atoms. The Morgan fingerprint density at radius 3 is 2.50 bits per heavy atom. The van der Waals surface area contributed by atoms with E-state index in [4.69, 9.17) is 11.6 Å². The predicted octanol–water partition coefficient (Wildman–Crippen LogP) is 4.03. The smallest absolute Gasteiger partial charge is 0.211 e. The first-order chi connectivity index (χ1) is 8.52. The Labute approximate surface area is 109 Å². The SMILES string of the molecule is Cc1cc(Cl)c(F)c(C2(N=C=O)CCCC2)c1F. The highest BCUT2D eigenvalue weighted by atomic mass is 35.5. The zero-order chi connectivity index (χ0) is 13.3. The quantitative estimate of drug-likeness (QED) is 0.454. The molecule has 0 aromatic heterocycles. The van der Waals surface area contributed by atoms with Gasteiger partial charge in [-0.25, -0.2) is 13.6 Å². The number of carbonyl (C=O) groups excluding carboxylic acids is 1. The third kappa shape index (κ3) is 1.96. The minimum Gasteiger partial charge on any atom is -0.211 e. The first-order valence-corrected chi connectivity index (χ1v) is 6.13. The molecule has 1 aromatic rings. The van der Waals surface area contributed by atoms with Crippen molar-refractivity contribution in [2.75, 3.05) is 0 Å². The molecule has 0 unspecified atom stereocenters. The molecule has 1 aliphatic carbocycles. The summed E-state index contributed by atoms with van der Waals surface area (Å²) in [6.45, 7) is 1.51. The van der Waals surface area contributed by atoms with Gasteiger partial charge in [-0.3, -0.25) is 0 Å². The Morgan fingerprint density at radius 1 is 1.33 bits per heavy atom. The average Bonchev–Trinajstić information content (AvgIpc) is 2.77. The molecule has 1 saturated carbocycles. The number of halogens is 3. The van der Waals surface area contributed by atoms with E-state index in [-0.39, 0.29) is 16.1 Å². The molecule has 0 atom stereocenters. The number of benzene rings is 1. The lowest BCUT2D eigenvalue weighted by Gasteiger charge is -2.25. The largest absolute Gasteiger partial charge is 0.235 e. The summed E-state index contributed by atoms with van der Waals surface area (Å²) in [5, 5.41) is -0.142. The Hall–Kier alpha value is -1.25. The van der Waals surface area contributed by atoms with Crippen LogP contribution in [0.3, 0.4) is 0 Å². The van der Waals surface area contributed by atoms with Crippen LogP contribution in [-0.2, 0) is 10.3 Å². The maximum absolute atomic E-state index is 14.2. The number of aryl methyl sites for hydroxylation is 1. The standard InChI is InChI=1S/C13H12ClF2NO/c1-8-6-9(14)12(16)10(11(8)15)13(17-7-18)4-2-3-5-13/h6H,2-5H2,1H3. The van der Waals surface area contributed by atoms with Gasteiger partial charge in [-0.15, -0.1) is 0 Å². The van der Waals surface area contributed by atoms with Gasteiger partial charge in [0.25, 0.3) is 0 Å². The molecule has 0 heterocycles. The van der Waals surface area contributed by atoms with E-state index in [1.165, 1.54) is 19.1 Å². The topological polar surface area (TPSA) is 29.4 Å². The van der Waals surface area contributed by atoms with E-state index < -0.39 is 17.2 Å². The average molecular weight is 272 g/mol. The molecule has 2 rings (SSSR count). The molecular weight excluding hydrogens is 260 g/mol. The normalized spacial score (nSPS) is 17.6. The predicted molar refractivity (Wildman–Crippen MR) is 64.4 cm³/mol. The molecule has 2 nitrogen and oxygen atoms in total. The Balaban J connectivity index is 2.72. The van der Waals surface area contributed by atoms with Crippen LogP contribution in [-0.4, -0.2) is 6.08 Å². The van der Waals surface area contributed by atoms with Crippen molar-refractivity contribution in [1.82, 2.24) is 0 Å². The van der Waals surface area contributed by atoms with E-state index in [0.717, 1.165) is 12.8 Å². The highest BCUT2D eigenvalue weighted by molar-refractivity contribution is 6.30. The van der Waals surface area contributed by atoms with Gasteiger partial charge in [0, 0.05) is 0 Å². The van der Waals surface area contributed by atoms with Crippen LogP contribution in [0.2, 0.25) is 5.02 Å². The highest BCUT2D eigenvalue weighted by Crippen LogP contribution is 2.45. The second-order valence-corrected chi connectivity index (χ2v) is 5.03. The van der Waals surface area contributed by atoms with E-state index >= 15 is 0 Å². The van der Waals surface area contributed by atoms with Crippen molar-refractivity contribution in [1.29, 1.82) is 0 Å². The van der Waals surface area contributed by atoms with Crippen LogP contribution in [0.15, 0.2) is 11.1 Å². The van der Waals surface area contributed by atoms with E-state index in [2.05, 4.69) is 4.99 Å². The van der Waals surface area contributed by atoms with Crippen LogP contribution in [0.5, 0.6) is 0 Å². The lowest BCUT2D eigenvalue weighted by molar-refractivity contribution is 0.403. The van der Waals surface area contributed by atoms with Gasteiger partial charge >= 0.3 is 0 Å². The van der Waals surface area contributed by atoms with Gasteiger partial charge in [0.1, 0.15) is 17.2 Å². The van der Waals surface area contributed by atoms with Crippen molar-refractivity contribution < 1.29 is 13.6 Å². The van der Waals surface area contributed by atoms with Gasteiger partial charge in [-0.2, -0.15) is 4.99 Å². The molecule has 1 aliphatic rings. The fourth-order valence-corrected chi connectivity index (χ4v) is 2.86. The summed E-state index contributed by atoms with van der Waals surface area (Å²) in [7, 11) is 0. The first kappa shape index (κ1) is 13.2. The Kier molecular flexibility index (Phi) is 3.51. The molecule has 0 amide bonds. The van der Waals surface area contributed by atoms with Gasteiger partial charge in [0.2, 0.25) is 6.08 Å². The van der Waals surface area contributed by atoms with Gasteiger partial charge in [-0.05, 0) is 31.4 Å². The summed E-state index contributed by atoms with van der Waals surface area (Å²) < 4.78 is 28.3. The number of hydrogen-bond acceptors (Lipinski definition) is 2. The fraction of sp³-hybridized carbons (Fsp3) is 0.462. The lowest BCUT2D eigenvalue weighted by Crippen LogP contribution is -2.23. The summed E-state index contributed by atoms with van der Waals surface area (Å²) >= 11 is 5.75. The van der Waals surface area contributed by atoms with Crippen LogP contribution in [0, 0.1) is 18.6 Å². The van der Waals surface area contributed by atoms with Gasteiger partial charge < -0.3 is 0 Å². The molecule has 1 fully saturated rings. The fourth-order valence-electron chi connectivity index (χ4n) is 2.60. The molecule has 18 heavy (non-hydrogen) atoms. The number of aliphatic imine (C=N–C) groups is 1. The molecule has 0 spiro atoms. The molecule has 0 radical (unpaired) electrons. The van der Waals surface area contributed by atoms with Gasteiger partial charge in [0.05, 0.1) is 10.6 Å². The van der Waals surface area contributed by atoms with Crippen molar-refractivity contribution >= 4 is 17.7 Å². The molecular formula is C13H12ClF2NO. The van der Waals surface area contributed by atoms with Crippen molar-refractivity contribution in [3.8, 4) is 0 Å². The lowest BCUT2D eigenvalue weighted by atomic mass is 9.87. The van der Waals surface area contributed by atoms with Gasteiger partial charge in [0.15, 0.2) is 0 Å². The zero-order valence-corrected chi connectivity index (χ0v) is 10.7. The van der Waals surface area contributed by atoms with Crippen molar-refractivity contribution in [2.24, 2.45) is 4.99 Å². The maximum atomic E-state index is 14.2. The number of isocyanates is 1. The number of rotatable bonds is 2. The molecule has 0 aliphatic heterocycles. The van der Waals surface area contributed by atoms with Crippen LogP contribution in [0.4, 0.5) is 8.78 Å². The van der Waals surface area contributed by atoms with Crippen molar-refractivity contribution in [3.05, 3.63) is 33.9 Å². The first-order valence-electron chi connectivity index (χ1n) is 5.75. The molecule has 1 aromatic carbocycles. The minimum absolute atomic E-state index is 0.142. The molecule has 96 valence electrons. The van der Waals surface area contributed by atoms with Gasteiger partial charge in [-0.1, -0.05) is 24.4 Å². The van der Waals surface area contributed by atoms with E-state index in [9.17, 15) is 13.6 Å². The maximum Gasteiger partial charge on any atom is 0.235 e. The third-order valence-electron chi connectivity index (χ3n) is 3.49. The molecule has 0 N–H and O–H groups in total. The van der Waals surface area contributed by atoms with Crippen molar-refractivity contribution in [2.45, 2.75) is 38.1 Å². The van der Waals surface area contributed by atoms with Crippen molar-refractivity contribution in [3.63, 3.8) is 0 Å². The van der Waals surface area contributed by atoms with E-state index in [1.807, 2.05) is 0 Å². The summed E-state index contributed by atoms with van der Waals surface area (Å²) in [4.78, 5) is 14.2. The Bertz CT molecular complexity index is 506. The van der Waals surface area contributed by atoms with Crippen LogP contribution < -0.4 is 0 Å². The third-order valence-corrected chi connectivity index (χ3v) is 3.77. The van der Waals surface area contributed by atoms with Crippen LogP contribution in [0.25, 0.3) is 0 Å². The summed E-state index contributed by atoms with van der Waals surface area (Å²) in [6, 6.07) is 1.24. The monoisotopic (exact) mass is 271 g/mol. The number of nitrogens with zero attached hydrogens (tertiary/aromatic N) is 1. The second-order valence-electron chi connectivity index (χ2n) is 4.62. The van der Waals surface area contributed by atoms with E-state index in [0.29, 0.717) is 12.8 Å². The second kappa shape index (κ2) is 4.79. The molecule has 5 heteroatoms. The summed E-state index contributed by atoms with van der Waals surface area (Å²) in [5.41, 5.74) is -1.07. The van der Waals surface area contributed by atoms with E-state index in [1.54, 1.807) is 0 Å². The zero-order valence-electron chi connectivity index (χ0n) is 9.90. The van der Waals surface area contributed by atoms with Crippen LogP contribution >= 0.6 is 11.6 Å². The van der Waals surface area contributed by atoms with Crippen LogP contribution in [0.1, 0.15) is 36.8 Å². The highest BCUT2D eigenvalue weighted by Gasteiger charge is 2.41. The summed E-state index contributed by atoms with van der Waals surface area (Å²) in [5.74, 6) is -1.49. The Morgan fingerprint density at radius 2 is 1.94 bits per heavy atom.